The van der Waals surface area contributed by atoms with Crippen molar-refractivity contribution in [3.63, 3.8) is 0 Å². The molecule has 120 valence electrons. The average molecular weight is 335 g/mol. The van der Waals surface area contributed by atoms with Gasteiger partial charge >= 0.3 is 6.18 Å². The number of hydrogen-bond acceptors (Lipinski definition) is 2. The summed E-state index contributed by atoms with van der Waals surface area (Å²) in [5.74, 6) is -1.84. The second kappa shape index (κ2) is 6.56. The molecule has 2 amide bonds. The lowest BCUT2D eigenvalue weighted by Gasteiger charge is -2.18. The molecule has 0 bridgehead atoms. The summed E-state index contributed by atoms with van der Waals surface area (Å²) in [5, 5.41) is 3.14. The van der Waals surface area contributed by atoms with Gasteiger partial charge in [0.05, 0.1) is 5.92 Å². The van der Waals surface area contributed by atoms with Gasteiger partial charge in [-0.15, -0.1) is 0 Å². The van der Waals surface area contributed by atoms with Crippen LogP contribution < -0.4 is 5.32 Å². The van der Waals surface area contributed by atoms with Crippen LogP contribution in [-0.4, -0.2) is 36.0 Å². The number of benzene rings is 1. The minimum absolute atomic E-state index is 0.197. The van der Waals surface area contributed by atoms with E-state index in [1.54, 1.807) is 24.3 Å². The molecule has 4 nitrogen and oxygen atoms in total. The van der Waals surface area contributed by atoms with E-state index in [2.05, 4.69) is 5.32 Å². The van der Waals surface area contributed by atoms with Crippen molar-refractivity contribution in [2.45, 2.75) is 19.1 Å². The molecule has 0 unspecified atom stereocenters. The zero-order valence-corrected chi connectivity index (χ0v) is 12.2. The molecular weight excluding hydrogens is 321 g/mol. The molecule has 0 aliphatic carbocycles. The molecule has 1 aromatic rings. The van der Waals surface area contributed by atoms with Gasteiger partial charge < -0.3 is 10.2 Å². The Hall–Kier alpha value is -1.76. The Kier molecular flexibility index (Phi) is 4.95. The van der Waals surface area contributed by atoms with Crippen LogP contribution in [-0.2, 0) is 16.1 Å². The van der Waals surface area contributed by atoms with Gasteiger partial charge in [0.15, 0.2) is 0 Å². The predicted molar refractivity (Wildman–Crippen MR) is 74.0 cm³/mol. The van der Waals surface area contributed by atoms with E-state index in [4.69, 9.17) is 11.6 Å². The smallest absolute Gasteiger partial charge is 0.352 e. The molecule has 22 heavy (non-hydrogen) atoms. The summed E-state index contributed by atoms with van der Waals surface area (Å²) < 4.78 is 36.9. The first-order valence-electron chi connectivity index (χ1n) is 6.61. The van der Waals surface area contributed by atoms with Gasteiger partial charge in [-0.05, 0) is 17.7 Å². The highest BCUT2D eigenvalue weighted by molar-refractivity contribution is 6.30. The minimum Gasteiger partial charge on any atom is -0.352 e. The van der Waals surface area contributed by atoms with Gasteiger partial charge in [0, 0.05) is 24.5 Å². The Morgan fingerprint density at radius 3 is 2.77 bits per heavy atom. The van der Waals surface area contributed by atoms with Crippen molar-refractivity contribution in [1.82, 2.24) is 10.2 Å². The van der Waals surface area contributed by atoms with Crippen LogP contribution in [0.2, 0.25) is 5.02 Å². The van der Waals surface area contributed by atoms with Crippen molar-refractivity contribution >= 4 is 23.4 Å². The normalized spacial score (nSPS) is 18.6. The number of nitrogens with one attached hydrogen (secondary N) is 1. The van der Waals surface area contributed by atoms with Crippen LogP contribution in [0.3, 0.4) is 0 Å². The quantitative estimate of drug-likeness (QED) is 0.919. The summed E-state index contributed by atoms with van der Waals surface area (Å²) in [4.78, 5) is 24.1. The fourth-order valence-electron chi connectivity index (χ4n) is 2.30. The number of hydrogen-bond donors (Lipinski definition) is 1. The number of carbonyl (C=O) groups is 2. The highest BCUT2D eigenvalue weighted by Crippen LogP contribution is 2.24. The molecule has 1 aromatic carbocycles. The number of alkyl halides is 3. The second-order valence-corrected chi connectivity index (χ2v) is 5.57. The number of rotatable bonds is 4. The highest BCUT2D eigenvalue weighted by Gasteiger charge is 2.40. The summed E-state index contributed by atoms with van der Waals surface area (Å²) in [6.45, 7) is -1.31. The van der Waals surface area contributed by atoms with Crippen molar-refractivity contribution in [3.8, 4) is 0 Å². The van der Waals surface area contributed by atoms with E-state index >= 15 is 0 Å². The van der Waals surface area contributed by atoms with Gasteiger partial charge in [-0.1, -0.05) is 23.7 Å². The summed E-state index contributed by atoms with van der Waals surface area (Å²) in [7, 11) is 0. The first-order chi connectivity index (χ1) is 10.2. The number of nitrogens with zero attached hydrogens (tertiary/aromatic N) is 1. The molecular formula is C14H14ClF3N2O2. The van der Waals surface area contributed by atoms with Gasteiger partial charge in [0.1, 0.15) is 6.54 Å². The third kappa shape index (κ3) is 4.62. The number of carbonyl (C=O) groups excluding carboxylic acids is 2. The molecule has 1 aliphatic heterocycles. The number of amides is 2. The largest absolute Gasteiger partial charge is 0.406 e. The molecule has 1 heterocycles. The lowest BCUT2D eigenvalue weighted by molar-refractivity contribution is -0.157. The maximum Gasteiger partial charge on any atom is 0.406 e. The van der Waals surface area contributed by atoms with Crippen molar-refractivity contribution in [2.75, 3.05) is 13.1 Å². The van der Waals surface area contributed by atoms with Gasteiger partial charge in [-0.25, -0.2) is 0 Å². The van der Waals surface area contributed by atoms with E-state index < -0.39 is 30.5 Å². The molecule has 0 radical (unpaired) electrons. The summed E-state index contributed by atoms with van der Waals surface area (Å²) in [5.41, 5.74) is 0.775. The number of halogens is 4. The molecule has 1 atom stereocenters. The number of likely N-dealkylation sites (tertiary alicyclic amines) is 1. The fourth-order valence-corrected chi connectivity index (χ4v) is 2.51. The topological polar surface area (TPSA) is 49.4 Å². The maximum atomic E-state index is 12.3. The lowest BCUT2D eigenvalue weighted by Crippen LogP contribution is -2.37. The molecule has 1 saturated heterocycles. The zero-order chi connectivity index (χ0) is 16.3. The van der Waals surface area contributed by atoms with Crippen LogP contribution in [0.4, 0.5) is 13.2 Å². The fraction of sp³-hybridized carbons (Fsp3) is 0.429. The lowest BCUT2D eigenvalue weighted by atomic mass is 10.1. The average Bonchev–Trinajstić information content (AvgIpc) is 2.75. The second-order valence-electron chi connectivity index (χ2n) is 5.14. The Morgan fingerprint density at radius 1 is 1.41 bits per heavy atom. The Morgan fingerprint density at radius 2 is 2.14 bits per heavy atom. The Labute approximate surface area is 130 Å². The monoisotopic (exact) mass is 334 g/mol. The first-order valence-corrected chi connectivity index (χ1v) is 6.99. The van der Waals surface area contributed by atoms with E-state index in [0.717, 1.165) is 5.56 Å². The third-order valence-corrected chi connectivity index (χ3v) is 3.55. The predicted octanol–water partition coefficient (Wildman–Crippen LogP) is 2.37. The van der Waals surface area contributed by atoms with Gasteiger partial charge in [-0.3, -0.25) is 9.59 Å². The molecule has 1 N–H and O–H groups in total. The van der Waals surface area contributed by atoms with Gasteiger partial charge in [0.2, 0.25) is 11.8 Å². The van der Waals surface area contributed by atoms with Gasteiger partial charge in [-0.2, -0.15) is 13.2 Å². The van der Waals surface area contributed by atoms with E-state index in [9.17, 15) is 22.8 Å². The highest BCUT2D eigenvalue weighted by atomic mass is 35.5. The van der Waals surface area contributed by atoms with Gasteiger partial charge in [0.25, 0.3) is 0 Å². The van der Waals surface area contributed by atoms with Crippen molar-refractivity contribution < 1.29 is 22.8 Å². The van der Waals surface area contributed by atoms with Crippen molar-refractivity contribution in [2.24, 2.45) is 5.92 Å². The van der Waals surface area contributed by atoms with Crippen LogP contribution in [0.15, 0.2) is 24.3 Å². The maximum absolute atomic E-state index is 12.3. The Balaban J connectivity index is 1.87. The summed E-state index contributed by atoms with van der Waals surface area (Å²) in [6, 6.07) is 6.87. The van der Waals surface area contributed by atoms with Crippen LogP contribution in [0.1, 0.15) is 12.0 Å². The SMILES string of the molecule is O=C(NCc1cccc(Cl)c1)[C@@H]1CC(=O)N(CC(F)(F)F)C1. The van der Waals surface area contributed by atoms with Crippen LogP contribution in [0.5, 0.6) is 0 Å². The van der Waals surface area contributed by atoms with E-state index in [-0.39, 0.29) is 19.5 Å². The van der Waals surface area contributed by atoms with Crippen molar-refractivity contribution in [3.05, 3.63) is 34.9 Å². The molecule has 0 spiro atoms. The van der Waals surface area contributed by atoms with Crippen LogP contribution in [0, 0.1) is 5.92 Å². The molecule has 0 saturated carbocycles. The van der Waals surface area contributed by atoms with Crippen LogP contribution in [0.25, 0.3) is 0 Å². The van der Waals surface area contributed by atoms with E-state index in [1.165, 1.54) is 0 Å². The third-order valence-electron chi connectivity index (χ3n) is 3.31. The van der Waals surface area contributed by atoms with E-state index in [1.807, 2.05) is 0 Å². The van der Waals surface area contributed by atoms with Crippen molar-refractivity contribution in [1.29, 1.82) is 0 Å². The zero-order valence-electron chi connectivity index (χ0n) is 11.5. The molecule has 2 rings (SSSR count). The summed E-state index contributed by atoms with van der Waals surface area (Å²) in [6.07, 6.45) is -4.65. The first kappa shape index (κ1) is 16.6. The molecule has 0 aromatic heterocycles. The van der Waals surface area contributed by atoms with E-state index in [0.29, 0.717) is 9.92 Å². The van der Waals surface area contributed by atoms with Crippen LogP contribution >= 0.6 is 11.6 Å². The minimum atomic E-state index is -4.46. The molecule has 1 fully saturated rings. The Bertz CT molecular complexity index is 577. The molecule has 1 aliphatic rings. The standard InChI is InChI=1S/C14H14ClF3N2O2/c15-11-3-1-2-9(4-11)6-19-13(22)10-5-12(21)20(7-10)8-14(16,17)18/h1-4,10H,5-8H2,(H,19,22)/t10-/m1/s1. The molecule has 8 heteroatoms. The summed E-state index contributed by atoms with van der Waals surface area (Å²) >= 11 is 5.82.